The Labute approximate surface area is 464 Å². The van der Waals surface area contributed by atoms with Gasteiger partial charge in [0.2, 0.25) is 0 Å². The first-order valence-electron chi connectivity index (χ1n) is 28.6. The second-order valence-electron chi connectivity index (χ2n) is 20.2. The third-order valence-corrected chi connectivity index (χ3v) is 16.6. The SMILES string of the molecule is CCCCCCCCCCCCC(c1ccccc1)S(=O)(=O)[O-].CCCCCCCCCCCCC(c1ccccc1)S(=O)(=O)[O-].CCCCCCCCCCCCC(c1ccccc1)S(=O)(=O)[O-].C[CH](C)[Zr+3]. The van der Waals surface area contributed by atoms with Crippen LogP contribution in [-0.4, -0.2) is 38.9 Å². The van der Waals surface area contributed by atoms with E-state index in [4.69, 9.17) is 0 Å². The predicted molar refractivity (Wildman–Crippen MR) is 301 cm³/mol. The first-order chi connectivity index (χ1) is 34.9. The van der Waals surface area contributed by atoms with Gasteiger partial charge in [-0.1, -0.05) is 304 Å². The second-order valence-corrected chi connectivity index (χ2v) is 27.7. The Hall–Kier alpha value is -1.73. The van der Waals surface area contributed by atoms with Crippen LogP contribution in [0.1, 0.15) is 279 Å². The van der Waals surface area contributed by atoms with Crippen molar-refractivity contribution < 1.29 is 63.6 Å². The molecule has 3 aromatic carbocycles. The topological polar surface area (TPSA) is 172 Å². The summed E-state index contributed by atoms with van der Waals surface area (Å²) in [4.78, 5) is 0. The van der Waals surface area contributed by atoms with Crippen molar-refractivity contribution in [3.63, 3.8) is 0 Å². The van der Waals surface area contributed by atoms with Gasteiger partial charge in [0.1, 0.15) is 30.4 Å². The van der Waals surface area contributed by atoms with Crippen LogP contribution >= 0.6 is 0 Å². The van der Waals surface area contributed by atoms with Crippen LogP contribution < -0.4 is 0 Å². The summed E-state index contributed by atoms with van der Waals surface area (Å²) in [6.07, 6.45) is 37.4. The average Bonchev–Trinajstić information content (AvgIpc) is 3.34. The summed E-state index contributed by atoms with van der Waals surface area (Å²) < 4.78 is 104. The van der Waals surface area contributed by atoms with Crippen LogP contribution in [0.25, 0.3) is 0 Å². The summed E-state index contributed by atoms with van der Waals surface area (Å²) in [7, 11) is -12.8. The standard InChI is InChI=1S/3C19H32O3S.C3H7.Zr/c3*1-2-3-4-5-6-7-8-9-10-14-17-19(23(20,21)22)18-15-12-11-13-16-18;1-3-2;/h3*11-13,15-16,19H,2-10,14,17H2,1H3,(H,20,21,22);3H,1-2H3;/q;;;;+3/p-3. The minimum atomic E-state index is -4.28. The van der Waals surface area contributed by atoms with Crippen LogP contribution in [-0.2, 0) is 55.1 Å². The number of benzene rings is 3. The first kappa shape index (κ1) is 71.3. The van der Waals surface area contributed by atoms with E-state index in [-0.39, 0.29) is 0 Å². The zero-order valence-corrected chi connectivity index (χ0v) is 51.1. The van der Waals surface area contributed by atoms with Crippen molar-refractivity contribution >= 4 is 30.4 Å². The van der Waals surface area contributed by atoms with Gasteiger partial charge in [0.15, 0.2) is 0 Å². The molecule has 0 radical (unpaired) electrons. The van der Waals surface area contributed by atoms with Crippen molar-refractivity contribution in [2.75, 3.05) is 0 Å². The molecule has 0 saturated heterocycles. The second kappa shape index (κ2) is 46.4. The molecule has 3 rings (SSSR count). The molecular weight excluding hydrogens is 1050 g/mol. The number of rotatable bonds is 39. The Morgan fingerprint density at radius 2 is 0.466 bits per heavy atom. The van der Waals surface area contributed by atoms with Crippen LogP contribution in [0.4, 0.5) is 0 Å². The molecule has 0 fully saturated rings. The molecule has 0 amide bonds. The van der Waals surface area contributed by atoms with E-state index in [1.54, 1.807) is 97.5 Å². The maximum absolute atomic E-state index is 11.5. The maximum atomic E-state index is 11.5. The molecule has 3 atom stereocenters. The quantitative estimate of drug-likeness (QED) is 0.0398. The zero-order chi connectivity index (χ0) is 54.5. The van der Waals surface area contributed by atoms with Gasteiger partial charge in [-0.3, -0.25) is 0 Å². The van der Waals surface area contributed by atoms with E-state index in [0.717, 1.165) is 61.4 Å². The van der Waals surface area contributed by atoms with E-state index in [0.29, 0.717) is 36.0 Å². The molecular formula is C60H100O9S3Zr. The van der Waals surface area contributed by atoms with Gasteiger partial charge in [0.25, 0.3) is 0 Å². The molecule has 0 heterocycles. The number of hydrogen-bond acceptors (Lipinski definition) is 9. The fraction of sp³-hybridized carbons (Fsp3) is 0.700. The summed E-state index contributed by atoms with van der Waals surface area (Å²) in [5.74, 6) is 0. The van der Waals surface area contributed by atoms with Gasteiger partial charge in [-0.2, -0.15) is 0 Å². The van der Waals surface area contributed by atoms with Crippen molar-refractivity contribution in [2.24, 2.45) is 0 Å². The van der Waals surface area contributed by atoms with Gasteiger partial charge in [-0.05, 0) is 36.0 Å². The van der Waals surface area contributed by atoms with Crippen LogP contribution in [0.2, 0.25) is 3.63 Å². The summed E-state index contributed by atoms with van der Waals surface area (Å²) >= 11 is 1.64. The summed E-state index contributed by atoms with van der Waals surface area (Å²) in [5.41, 5.74) is 1.87. The summed E-state index contributed by atoms with van der Waals surface area (Å²) in [6.45, 7) is 11.1. The Morgan fingerprint density at radius 1 is 0.315 bits per heavy atom. The van der Waals surface area contributed by atoms with Crippen LogP contribution in [0.15, 0.2) is 91.0 Å². The normalized spacial score (nSPS) is 12.9. The summed E-state index contributed by atoms with van der Waals surface area (Å²) in [6, 6.07) is 26.6. The molecule has 0 aliphatic heterocycles. The Bertz CT molecular complexity index is 1770. The number of hydrogen-bond donors (Lipinski definition) is 0. The molecule has 0 bridgehead atoms. The Balaban J connectivity index is 0.00000102. The third-order valence-electron chi connectivity index (χ3n) is 13.0. The Morgan fingerprint density at radius 3 is 0.616 bits per heavy atom. The molecule has 3 unspecified atom stereocenters. The average molecular weight is 1150 g/mol. The van der Waals surface area contributed by atoms with Crippen LogP contribution in [0, 0.1) is 0 Å². The first-order valence-corrected chi connectivity index (χ1v) is 34.4. The van der Waals surface area contributed by atoms with E-state index in [9.17, 15) is 38.9 Å². The predicted octanol–water partition coefficient (Wildman–Crippen LogP) is 18.1. The monoisotopic (exact) mass is 1150 g/mol. The molecule has 416 valence electrons. The molecule has 0 N–H and O–H groups in total. The molecule has 13 heteroatoms. The van der Waals surface area contributed by atoms with Gasteiger partial charge < -0.3 is 13.7 Å². The summed E-state index contributed by atoms with van der Waals surface area (Å²) in [5, 5.41) is -2.67. The van der Waals surface area contributed by atoms with E-state index in [1.807, 2.05) is 18.2 Å². The molecule has 0 aliphatic carbocycles. The zero-order valence-electron chi connectivity index (χ0n) is 46.2. The fourth-order valence-corrected chi connectivity index (χ4v) is 11.7. The molecule has 0 spiro atoms. The van der Waals surface area contributed by atoms with Gasteiger partial charge in [-0.15, -0.1) is 0 Å². The molecule has 0 aliphatic rings. The van der Waals surface area contributed by atoms with Gasteiger partial charge in [0, 0.05) is 0 Å². The van der Waals surface area contributed by atoms with Crippen molar-refractivity contribution in [3.8, 4) is 0 Å². The third kappa shape index (κ3) is 42.0. The van der Waals surface area contributed by atoms with Crippen LogP contribution in [0.3, 0.4) is 0 Å². The van der Waals surface area contributed by atoms with Crippen molar-refractivity contribution in [1.82, 2.24) is 0 Å². The molecule has 0 saturated carbocycles. The van der Waals surface area contributed by atoms with Gasteiger partial charge in [-0.25, -0.2) is 25.3 Å². The van der Waals surface area contributed by atoms with Gasteiger partial charge >= 0.3 is 42.2 Å². The number of unbranched alkanes of at least 4 members (excludes halogenated alkanes) is 27. The molecule has 3 aromatic rings. The minimum absolute atomic E-state index is 0.437. The molecule has 0 aromatic heterocycles. The molecule has 73 heavy (non-hydrogen) atoms. The van der Waals surface area contributed by atoms with Crippen molar-refractivity contribution in [2.45, 2.75) is 266 Å². The Kier molecular flexibility index (Phi) is 45.3. The van der Waals surface area contributed by atoms with E-state index < -0.39 is 46.1 Å². The molecule has 9 nitrogen and oxygen atoms in total. The van der Waals surface area contributed by atoms with Crippen molar-refractivity contribution in [3.05, 3.63) is 108 Å². The van der Waals surface area contributed by atoms with Gasteiger partial charge in [0.05, 0.1) is 15.7 Å². The van der Waals surface area contributed by atoms with E-state index in [1.165, 1.54) is 135 Å². The van der Waals surface area contributed by atoms with Crippen molar-refractivity contribution in [1.29, 1.82) is 0 Å². The van der Waals surface area contributed by atoms with E-state index >= 15 is 0 Å². The van der Waals surface area contributed by atoms with E-state index in [2.05, 4.69) is 34.6 Å². The van der Waals surface area contributed by atoms with Crippen LogP contribution in [0.5, 0.6) is 0 Å². The fourth-order valence-electron chi connectivity index (χ4n) is 8.89.